The summed E-state index contributed by atoms with van der Waals surface area (Å²) in [5.41, 5.74) is 1.06. The molecule has 0 saturated carbocycles. The number of benzene rings is 1. The molecule has 2 unspecified atom stereocenters. The van der Waals surface area contributed by atoms with Gasteiger partial charge in [-0.2, -0.15) is 0 Å². The van der Waals surface area contributed by atoms with E-state index in [1.807, 2.05) is 12.1 Å². The van der Waals surface area contributed by atoms with Gasteiger partial charge in [0.15, 0.2) is 0 Å². The van der Waals surface area contributed by atoms with E-state index in [-0.39, 0.29) is 5.85 Å². The molecular weight excluding hydrogens is 216 g/mol. The molecule has 0 amide bonds. The summed E-state index contributed by atoms with van der Waals surface area (Å²) < 4.78 is 5.83. The number of aliphatic imine (C=N–C) groups is 1. The van der Waals surface area contributed by atoms with Crippen LogP contribution in [0.1, 0.15) is 24.8 Å². The van der Waals surface area contributed by atoms with Crippen molar-refractivity contribution in [3.05, 3.63) is 29.8 Å². The molecule has 0 bridgehead atoms. The second kappa shape index (κ2) is 3.01. The fourth-order valence-electron chi connectivity index (χ4n) is 2.90. The summed E-state index contributed by atoms with van der Waals surface area (Å²) in [5.74, 6) is 1.00. The highest BCUT2D eigenvalue weighted by molar-refractivity contribution is 6.05. The third-order valence-electron chi connectivity index (χ3n) is 3.83. The number of phenols is 1. The fourth-order valence-corrected chi connectivity index (χ4v) is 2.90. The lowest BCUT2D eigenvalue weighted by Crippen LogP contribution is -2.36. The quantitative estimate of drug-likeness (QED) is 0.747. The smallest absolute Gasteiger partial charge is 0.264 e. The maximum atomic E-state index is 9.27. The van der Waals surface area contributed by atoms with Gasteiger partial charge in [0, 0.05) is 5.56 Å². The Bertz CT molecular complexity index is 497. The highest BCUT2D eigenvalue weighted by Gasteiger charge is 2.72. The zero-order chi connectivity index (χ0) is 11.5. The Labute approximate surface area is 99.5 Å². The van der Waals surface area contributed by atoms with Crippen LogP contribution in [-0.2, 0) is 4.74 Å². The van der Waals surface area contributed by atoms with Crippen molar-refractivity contribution in [3.8, 4) is 5.75 Å². The molecule has 3 aliphatic rings. The Morgan fingerprint density at radius 2 is 2.12 bits per heavy atom. The second-order valence-corrected chi connectivity index (χ2v) is 4.87. The van der Waals surface area contributed by atoms with Crippen molar-refractivity contribution in [1.29, 1.82) is 0 Å². The number of aromatic hydroxyl groups is 1. The van der Waals surface area contributed by atoms with E-state index < -0.39 is 0 Å². The topological polar surface area (TPSA) is 44.8 Å². The van der Waals surface area contributed by atoms with Gasteiger partial charge < -0.3 is 9.84 Å². The van der Waals surface area contributed by atoms with Gasteiger partial charge in [-0.05, 0) is 43.5 Å². The SMILES string of the molecule is Oc1ccc(C2=NC34OCCCCC3N24)cc1. The van der Waals surface area contributed by atoms with E-state index in [0.29, 0.717) is 11.8 Å². The maximum Gasteiger partial charge on any atom is 0.264 e. The van der Waals surface area contributed by atoms with Crippen molar-refractivity contribution in [1.82, 2.24) is 4.90 Å². The van der Waals surface area contributed by atoms with E-state index in [9.17, 15) is 5.11 Å². The molecule has 2 atom stereocenters. The van der Waals surface area contributed by atoms with Gasteiger partial charge in [-0.1, -0.05) is 0 Å². The summed E-state index contributed by atoms with van der Waals surface area (Å²) in [6.07, 6.45) is 3.54. The number of phenolic OH excluding ortho intramolecular Hbond substituents is 1. The van der Waals surface area contributed by atoms with Crippen LogP contribution in [-0.4, -0.2) is 34.3 Å². The molecule has 0 aliphatic carbocycles. The van der Waals surface area contributed by atoms with Crippen LogP contribution in [0.15, 0.2) is 29.3 Å². The first-order chi connectivity index (χ1) is 8.31. The van der Waals surface area contributed by atoms with Crippen molar-refractivity contribution < 1.29 is 9.84 Å². The molecule has 2 saturated heterocycles. The highest BCUT2D eigenvalue weighted by Crippen LogP contribution is 2.55. The van der Waals surface area contributed by atoms with E-state index in [1.54, 1.807) is 12.1 Å². The zero-order valence-electron chi connectivity index (χ0n) is 9.47. The van der Waals surface area contributed by atoms with Crippen molar-refractivity contribution >= 4 is 5.84 Å². The summed E-state index contributed by atoms with van der Waals surface area (Å²) in [6, 6.07) is 7.65. The lowest BCUT2D eigenvalue weighted by molar-refractivity contribution is -0.000177. The van der Waals surface area contributed by atoms with E-state index in [1.165, 1.54) is 12.8 Å². The average molecular weight is 230 g/mol. The number of nitrogens with zero attached hydrogens (tertiary/aromatic N) is 2. The van der Waals surface area contributed by atoms with Crippen LogP contribution in [0, 0.1) is 0 Å². The molecule has 17 heavy (non-hydrogen) atoms. The van der Waals surface area contributed by atoms with Crippen LogP contribution in [0.4, 0.5) is 0 Å². The average Bonchev–Trinajstić information content (AvgIpc) is 2.88. The first-order valence-corrected chi connectivity index (χ1v) is 6.14. The minimum atomic E-state index is -0.302. The Kier molecular flexibility index (Phi) is 1.68. The first kappa shape index (κ1) is 9.48. The molecule has 1 aromatic carbocycles. The molecule has 0 aromatic heterocycles. The first-order valence-electron chi connectivity index (χ1n) is 6.14. The minimum absolute atomic E-state index is 0.291. The molecule has 1 aromatic rings. The fraction of sp³-hybridized carbons (Fsp3) is 0.462. The monoisotopic (exact) mass is 230 g/mol. The molecule has 1 spiro atoms. The largest absolute Gasteiger partial charge is 0.508 e. The molecule has 4 nitrogen and oxygen atoms in total. The number of amidine groups is 1. The maximum absolute atomic E-state index is 9.27. The van der Waals surface area contributed by atoms with E-state index in [2.05, 4.69) is 9.89 Å². The van der Waals surface area contributed by atoms with Crippen LogP contribution in [0.2, 0.25) is 0 Å². The summed E-state index contributed by atoms with van der Waals surface area (Å²) >= 11 is 0. The van der Waals surface area contributed by atoms with E-state index in [4.69, 9.17) is 4.74 Å². The Morgan fingerprint density at radius 1 is 1.29 bits per heavy atom. The predicted octanol–water partition coefficient (Wildman–Crippen LogP) is 1.69. The van der Waals surface area contributed by atoms with Gasteiger partial charge in [-0.3, -0.25) is 4.90 Å². The normalized spacial score (nSPS) is 34.0. The van der Waals surface area contributed by atoms with Gasteiger partial charge in [-0.25, -0.2) is 4.99 Å². The number of fused-ring (bicyclic) bond motifs is 1. The molecule has 3 aliphatic heterocycles. The van der Waals surface area contributed by atoms with E-state index >= 15 is 0 Å². The lowest BCUT2D eigenvalue weighted by Gasteiger charge is -2.25. The van der Waals surface area contributed by atoms with Crippen LogP contribution in [0.5, 0.6) is 5.75 Å². The molecule has 0 radical (unpaired) electrons. The van der Waals surface area contributed by atoms with Gasteiger partial charge in [-0.15, -0.1) is 0 Å². The third kappa shape index (κ3) is 1.13. The second-order valence-electron chi connectivity index (χ2n) is 4.87. The van der Waals surface area contributed by atoms with Crippen molar-refractivity contribution in [3.63, 3.8) is 0 Å². The Balaban J connectivity index is 1.63. The standard InChI is InChI=1S/C13H14N2O2/c16-10-6-4-9(5-7-10)12-14-13-11(15(12)13)3-1-2-8-17-13/h4-7,11,16H,1-3,8H2. The van der Waals surface area contributed by atoms with Gasteiger partial charge >= 0.3 is 0 Å². The molecule has 4 heteroatoms. The summed E-state index contributed by atoms with van der Waals surface area (Å²) in [5, 5.41) is 9.27. The minimum Gasteiger partial charge on any atom is -0.508 e. The van der Waals surface area contributed by atoms with Crippen LogP contribution in [0.25, 0.3) is 0 Å². The highest BCUT2D eigenvalue weighted by atomic mass is 16.6. The molecule has 1 N–H and O–H groups in total. The van der Waals surface area contributed by atoms with Crippen molar-refractivity contribution in [2.75, 3.05) is 6.61 Å². The third-order valence-corrected chi connectivity index (χ3v) is 3.83. The number of ether oxygens (including phenoxy) is 1. The van der Waals surface area contributed by atoms with Gasteiger partial charge in [0.1, 0.15) is 17.6 Å². The Hall–Kier alpha value is -1.55. The van der Waals surface area contributed by atoms with Crippen LogP contribution < -0.4 is 0 Å². The number of rotatable bonds is 1. The molecule has 88 valence electrons. The lowest BCUT2D eigenvalue weighted by atomic mass is 10.2. The number of hydrogen-bond donors (Lipinski definition) is 1. The van der Waals surface area contributed by atoms with Gasteiger partial charge in [0.25, 0.3) is 5.85 Å². The van der Waals surface area contributed by atoms with Gasteiger partial charge in [0.2, 0.25) is 0 Å². The van der Waals surface area contributed by atoms with Crippen molar-refractivity contribution in [2.45, 2.75) is 31.2 Å². The molecule has 4 rings (SSSR count). The van der Waals surface area contributed by atoms with E-state index in [0.717, 1.165) is 24.4 Å². The zero-order valence-corrected chi connectivity index (χ0v) is 9.47. The summed E-state index contributed by atoms with van der Waals surface area (Å²) in [4.78, 5) is 6.91. The van der Waals surface area contributed by atoms with Crippen molar-refractivity contribution in [2.24, 2.45) is 4.99 Å². The summed E-state index contributed by atoms with van der Waals surface area (Å²) in [7, 11) is 0. The predicted molar refractivity (Wildman–Crippen MR) is 62.8 cm³/mol. The molecule has 2 fully saturated rings. The van der Waals surface area contributed by atoms with Gasteiger partial charge in [0.05, 0.1) is 6.61 Å². The number of hydrogen-bond acceptors (Lipinski definition) is 4. The molecular formula is C13H14N2O2. The Morgan fingerprint density at radius 3 is 2.94 bits per heavy atom. The van der Waals surface area contributed by atoms with Crippen LogP contribution in [0.3, 0.4) is 0 Å². The summed E-state index contributed by atoms with van der Waals surface area (Å²) in [6.45, 7) is 0.819. The van der Waals surface area contributed by atoms with Crippen LogP contribution >= 0.6 is 0 Å². The molecule has 3 heterocycles.